The molecule has 0 aromatic heterocycles. The van der Waals surface area contributed by atoms with E-state index < -0.39 is 11.7 Å². The maximum Gasteiger partial charge on any atom is 0.417 e. The molecule has 2 rings (SSSR count). The van der Waals surface area contributed by atoms with E-state index in [9.17, 15) is 13.2 Å². The standard InChI is InChI=1S/C14H18F3NOS.ClH/c1-19-12-7-11(14(15,16)17)13(20-2)6-10(12)9-4-3-5-18-8-9;/h6-7,9,18H,3-5,8H2,1-2H3;1H. The Morgan fingerprint density at radius 2 is 2.05 bits per heavy atom. The van der Waals surface area contributed by atoms with Gasteiger partial charge in [0.15, 0.2) is 0 Å². The smallest absolute Gasteiger partial charge is 0.417 e. The summed E-state index contributed by atoms with van der Waals surface area (Å²) in [5, 5.41) is 3.28. The Morgan fingerprint density at radius 3 is 2.52 bits per heavy atom. The van der Waals surface area contributed by atoms with Crippen LogP contribution in [0.2, 0.25) is 0 Å². The lowest BCUT2D eigenvalue weighted by atomic mass is 9.90. The lowest BCUT2D eigenvalue weighted by Gasteiger charge is -2.26. The average Bonchev–Trinajstić information content (AvgIpc) is 2.45. The Morgan fingerprint density at radius 1 is 1.33 bits per heavy atom. The van der Waals surface area contributed by atoms with Gasteiger partial charge in [-0.15, -0.1) is 24.2 Å². The van der Waals surface area contributed by atoms with E-state index in [2.05, 4.69) is 5.32 Å². The van der Waals surface area contributed by atoms with Gasteiger partial charge in [0, 0.05) is 17.4 Å². The number of benzene rings is 1. The van der Waals surface area contributed by atoms with E-state index in [1.807, 2.05) is 0 Å². The highest BCUT2D eigenvalue weighted by Crippen LogP contribution is 2.42. The molecule has 1 N–H and O–H groups in total. The second-order valence-corrected chi connectivity index (χ2v) is 5.68. The highest BCUT2D eigenvalue weighted by Gasteiger charge is 2.35. The Balaban J connectivity index is 0.00000220. The molecule has 1 aliphatic heterocycles. The summed E-state index contributed by atoms with van der Waals surface area (Å²) in [5.41, 5.74) is 0.256. The minimum absolute atomic E-state index is 0. The van der Waals surface area contributed by atoms with E-state index in [1.54, 1.807) is 12.3 Å². The molecule has 21 heavy (non-hydrogen) atoms. The van der Waals surface area contributed by atoms with Gasteiger partial charge in [-0.2, -0.15) is 13.2 Å². The molecule has 7 heteroatoms. The number of hydrogen-bond acceptors (Lipinski definition) is 3. The number of hydrogen-bond donors (Lipinski definition) is 1. The molecule has 2 nitrogen and oxygen atoms in total. The summed E-state index contributed by atoms with van der Waals surface area (Å²) in [5.74, 6) is 0.552. The first-order valence-electron chi connectivity index (χ1n) is 6.51. The Kier molecular flexibility index (Phi) is 6.69. The van der Waals surface area contributed by atoms with Gasteiger partial charge in [-0.05, 0) is 43.3 Å². The summed E-state index contributed by atoms with van der Waals surface area (Å²) < 4.78 is 44.3. The summed E-state index contributed by atoms with van der Waals surface area (Å²) in [6.45, 7) is 1.75. The largest absolute Gasteiger partial charge is 0.496 e. The number of halogens is 4. The van der Waals surface area contributed by atoms with Crippen LogP contribution < -0.4 is 10.1 Å². The highest BCUT2D eigenvalue weighted by molar-refractivity contribution is 7.98. The van der Waals surface area contributed by atoms with Gasteiger partial charge in [0.25, 0.3) is 0 Å². The van der Waals surface area contributed by atoms with Crippen molar-refractivity contribution in [3.63, 3.8) is 0 Å². The molecule has 1 unspecified atom stereocenters. The van der Waals surface area contributed by atoms with Crippen LogP contribution in [0.3, 0.4) is 0 Å². The molecular weight excluding hydrogens is 323 g/mol. The molecule has 0 radical (unpaired) electrons. The maximum absolute atomic E-state index is 13.0. The molecule has 0 bridgehead atoms. The van der Waals surface area contributed by atoms with Crippen molar-refractivity contribution in [2.75, 3.05) is 26.5 Å². The Labute approximate surface area is 133 Å². The van der Waals surface area contributed by atoms with Crippen LogP contribution in [0.1, 0.15) is 29.9 Å². The quantitative estimate of drug-likeness (QED) is 0.827. The van der Waals surface area contributed by atoms with Crippen molar-refractivity contribution in [3.8, 4) is 5.75 Å². The summed E-state index contributed by atoms with van der Waals surface area (Å²) in [7, 11) is 1.42. The topological polar surface area (TPSA) is 21.3 Å². The average molecular weight is 342 g/mol. The summed E-state index contributed by atoms with van der Waals surface area (Å²) in [6, 6.07) is 2.78. The molecule has 1 aromatic rings. The van der Waals surface area contributed by atoms with Crippen molar-refractivity contribution in [2.24, 2.45) is 0 Å². The van der Waals surface area contributed by atoms with E-state index in [1.165, 1.54) is 7.11 Å². The van der Waals surface area contributed by atoms with Crippen molar-refractivity contribution in [2.45, 2.75) is 29.8 Å². The van der Waals surface area contributed by atoms with Crippen LogP contribution in [0.4, 0.5) is 13.2 Å². The number of ether oxygens (including phenoxy) is 1. The zero-order valence-electron chi connectivity index (χ0n) is 11.9. The van der Waals surface area contributed by atoms with Gasteiger partial charge in [0.1, 0.15) is 5.75 Å². The van der Waals surface area contributed by atoms with Gasteiger partial charge in [0.2, 0.25) is 0 Å². The third kappa shape index (κ3) is 4.20. The van der Waals surface area contributed by atoms with Crippen molar-refractivity contribution >= 4 is 24.2 Å². The van der Waals surface area contributed by atoms with Gasteiger partial charge >= 0.3 is 6.18 Å². The number of nitrogens with one attached hydrogen (secondary N) is 1. The van der Waals surface area contributed by atoms with Crippen molar-refractivity contribution in [1.82, 2.24) is 5.32 Å². The van der Waals surface area contributed by atoms with Crippen LogP contribution >= 0.6 is 24.2 Å². The molecule has 0 saturated carbocycles. The second kappa shape index (κ2) is 7.61. The summed E-state index contributed by atoms with van der Waals surface area (Å²) in [4.78, 5) is 0.263. The summed E-state index contributed by atoms with van der Waals surface area (Å²) >= 11 is 1.12. The van der Waals surface area contributed by atoms with Crippen LogP contribution in [0.25, 0.3) is 0 Å². The Bertz CT molecular complexity index is 476. The second-order valence-electron chi connectivity index (χ2n) is 4.84. The molecule has 1 aromatic carbocycles. The lowest BCUT2D eigenvalue weighted by Crippen LogP contribution is -2.28. The van der Waals surface area contributed by atoms with Crippen LogP contribution in [0.5, 0.6) is 5.75 Å². The van der Waals surface area contributed by atoms with E-state index >= 15 is 0 Å². The number of alkyl halides is 3. The van der Waals surface area contributed by atoms with Crippen molar-refractivity contribution in [1.29, 1.82) is 0 Å². The molecule has 1 fully saturated rings. The first-order chi connectivity index (χ1) is 9.47. The van der Waals surface area contributed by atoms with Gasteiger partial charge in [-0.1, -0.05) is 0 Å². The zero-order chi connectivity index (χ0) is 14.8. The molecule has 120 valence electrons. The molecule has 1 saturated heterocycles. The van der Waals surface area contributed by atoms with Crippen LogP contribution in [0.15, 0.2) is 17.0 Å². The molecule has 1 aliphatic rings. The maximum atomic E-state index is 13.0. The number of methoxy groups -OCH3 is 1. The SMILES string of the molecule is COc1cc(C(F)(F)F)c(SC)cc1C1CCCNC1.Cl. The lowest BCUT2D eigenvalue weighted by molar-refractivity contribution is -0.139. The van der Waals surface area contributed by atoms with Crippen molar-refractivity contribution < 1.29 is 17.9 Å². The van der Waals surface area contributed by atoms with E-state index in [4.69, 9.17) is 4.74 Å². The number of rotatable bonds is 3. The van der Waals surface area contributed by atoms with Crippen LogP contribution in [-0.2, 0) is 6.18 Å². The molecular formula is C14H19ClF3NOS. The Hall–Kier alpha value is -0.590. The third-order valence-electron chi connectivity index (χ3n) is 3.59. The molecule has 1 atom stereocenters. The monoisotopic (exact) mass is 341 g/mol. The first kappa shape index (κ1) is 18.5. The highest BCUT2D eigenvalue weighted by atomic mass is 35.5. The van der Waals surface area contributed by atoms with E-state index in [-0.39, 0.29) is 23.2 Å². The van der Waals surface area contributed by atoms with E-state index in [0.717, 1.165) is 49.3 Å². The minimum atomic E-state index is -4.35. The predicted molar refractivity (Wildman–Crippen MR) is 81.9 cm³/mol. The fourth-order valence-corrected chi connectivity index (χ4v) is 3.22. The molecule has 0 spiro atoms. The van der Waals surface area contributed by atoms with Crippen LogP contribution in [-0.4, -0.2) is 26.5 Å². The third-order valence-corrected chi connectivity index (χ3v) is 4.37. The fraction of sp³-hybridized carbons (Fsp3) is 0.571. The van der Waals surface area contributed by atoms with Gasteiger partial charge in [0.05, 0.1) is 12.7 Å². The van der Waals surface area contributed by atoms with Gasteiger partial charge in [-0.25, -0.2) is 0 Å². The minimum Gasteiger partial charge on any atom is -0.496 e. The zero-order valence-corrected chi connectivity index (χ0v) is 13.6. The van der Waals surface area contributed by atoms with Gasteiger partial charge < -0.3 is 10.1 Å². The normalized spacial score (nSPS) is 19.0. The molecule has 1 heterocycles. The molecule has 0 amide bonds. The van der Waals surface area contributed by atoms with E-state index in [0.29, 0.717) is 5.75 Å². The number of thioether (sulfide) groups is 1. The summed E-state index contributed by atoms with van der Waals surface area (Å²) in [6.07, 6.45) is -0.680. The first-order valence-corrected chi connectivity index (χ1v) is 7.73. The van der Waals surface area contributed by atoms with Gasteiger partial charge in [-0.3, -0.25) is 0 Å². The number of piperidine rings is 1. The van der Waals surface area contributed by atoms with Crippen LogP contribution in [0, 0.1) is 0 Å². The predicted octanol–water partition coefficient (Wildman–Crippen LogP) is 4.32. The van der Waals surface area contributed by atoms with Crippen molar-refractivity contribution in [3.05, 3.63) is 23.3 Å². The molecule has 0 aliphatic carbocycles. The fourth-order valence-electron chi connectivity index (χ4n) is 2.58.